The van der Waals surface area contributed by atoms with Gasteiger partial charge < -0.3 is 9.26 Å². The van der Waals surface area contributed by atoms with Crippen molar-refractivity contribution in [3.63, 3.8) is 0 Å². The van der Waals surface area contributed by atoms with Gasteiger partial charge in [-0.05, 0) is 10.8 Å². The number of benzene rings is 2. The maximum absolute atomic E-state index is 5.73. The quantitative estimate of drug-likeness (QED) is 0.712. The fourth-order valence-corrected chi connectivity index (χ4v) is 4.21. The van der Waals surface area contributed by atoms with Gasteiger partial charge in [-0.1, -0.05) is 47.6 Å². The molecule has 5 heteroatoms. The van der Waals surface area contributed by atoms with E-state index in [4.69, 9.17) is 9.26 Å². The average Bonchev–Trinajstić information content (AvgIpc) is 3.16. The van der Waals surface area contributed by atoms with Gasteiger partial charge in [-0.2, -0.15) is 0 Å². The molecule has 2 aliphatic heterocycles. The van der Waals surface area contributed by atoms with Crippen LogP contribution in [0, 0.1) is 0 Å². The maximum atomic E-state index is 5.73. The summed E-state index contributed by atoms with van der Waals surface area (Å²) in [5, 5.41) is 6.95. The molecule has 0 unspecified atom stereocenters. The lowest BCUT2D eigenvalue weighted by atomic mass is 9.97. The van der Waals surface area contributed by atoms with Crippen LogP contribution in [-0.2, 0) is 17.7 Å². The summed E-state index contributed by atoms with van der Waals surface area (Å²) in [7, 11) is 0. The zero-order valence-electron chi connectivity index (χ0n) is 15.6. The number of ether oxygens (including phenoxy) is 1. The van der Waals surface area contributed by atoms with E-state index in [0.717, 1.165) is 70.4 Å². The van der Waals surface area contributed by atoms with E-state index in [-0.39, 0.29) is 0 Å². The van der Waals surface area contributed by atoms with Crippen molar-refractivity contribution in [2.75, 3.05) is 45.9 Å². The fourth-order valence-electron chi connectivity index (χ4n) is 4.21. The lowest BCUT2D eigenvalue weighted by Crippen LogP contribution is -2.42. The molecule has 5 rings (SSSR count). The highest BCUT2D eigenvalue weighted by Crippen LogP contribution is 2.34. The SMILES string of the molecule is c1ccc2c(-c3noc4c3CN(CCN3CCOCC3)CC4)cccc2c1. The Bertz CT molecular complexity index is 925. The van der Waals surface area contributed by atoms with Crippen molar-refractivity contribution >= 4 is 10.8 Å². The number of rotatable bonds is 4. The number of hydrogen-bond acceptors (Lipinski definition) is 5. The van der Waals surface area contributed by atoms with Gasteiger partial charge in [-0.25, -0.2) is 0 Å². The number of morpholine rings is 1. The molecule has 2 aliphatic rings. The Morgan fingerprint density at radius 2 is 1.70 bits per heavy atom. The van der Waals surface area contributed by atoms with Crippen LogP contribution in [0.15, 0.2) is 47.0 Å². The van der Waals surface area contributed by atoms with Gasteiger partial charge in [0.2, 0.25) is 0 Å². The molecule has 0 N–H and O–H groups in total. The van der Waals surface area contributed by atoms with Crippen molar-refractivity contribution in [3.05, 3.63) is 53.8 Å². The second kappa shape index (κ2) is 7.43. The average molecular weight is 363 g/mol. The van der Waals surface area contributed by atoms with Crippen LogP contribution in [0.1, 0.15) is 11.3 Å². The molecule has 140 valence electrons. The normalized spacial score (nSPS) is 18.7. The third-order valence-electron chi connectivity index (χ3n) is 5.79. The van der Waals surface area contributed by atoms with Crippen LogP contribution in [0.3, 0.4) is 0 Å². The number of hydrogen-bond donors (Lipinski definition) is 0. The van der Waals surface area contributed by atoms with Crippen molar-refractivity contribution in [1.29, 1.82) is 0 Å². The summed E-state index contributed by atoms with van der Waals surface area (Å²) in [5.41, 5.74) is 3.45. The topological polar surface area (TPSA) is 41.7 Å². The molecule has 5 nitrogen and oxygen atoms in total. The summed E-state index contributed by atoms with van der Waals surface area (Å²) >= 11 is 0. The molecule has 1 fully saturated rings. The van der Waals surface area contributed by atoms with E-state index in [0.29, 0.717) is 0 Å². The van der Waals surface area contributed by atoms with Gasteiger partial charge in [-0.3, -0.25) is 9.80 Å². The van der Waals surface area contributed by atoms with Crippen LogP contribution in [-0.4, -0.2) is 60.9 Å². The Hall–Kier alpha value is -2.21. The lowest BCUT2D eigenvalue weighted by molar-refractivity contribution is 0.0325. The Morgan fingerprint density at radius 3 is 2.63 bits per heavy atom. The molecular weight excluding hydrogens is 338 g/mol. The highest BCUT2D eigenvalue weighted by Gasteiger charge is 2.26. The maximum Gasteiger partial charge on any atom is 0.143 e. The first kappa shape index (κ1) is 16.9. The van der Waals surface area contributed by atoms with E-state index >= 15 is 0 Å². The highest BCUT2D eigenvalue weighted by molar-refractivity contribution is 5.96. The molecule has 0 radical (unpaired) electrons. The van der Waals surface area contributed by atoms with Crippen LogP contribution in [0.25, 0.3) is 22.0 Å². The van der Waals surface area contributed by atoms with Gasteiger partial charge in [0.05, 0.1) is 13.2 Å². The van der Waals surface area contributed by atoms with Crippen molar-refractivity contribution < 1.29 is 9.26 Å². The third-order valence-corrected chi connectivity index (χ3v) is 5.79. The fraction of sp³-hybridized carbons (Fsp3) is 0.409. The van der Waals surface area contributed by atoms with Crippen molar-refractivity contribution in [3.8, 4) is 11.3 Å². The van der Waals surface area contributed by atoms with Crippen LogP contribution >= 0.6 is 0 Å². The standard InChI is InChI=1S/C22H25N3O2/c1-2-6-18-17(4-1)5-3-7-19(18)22-20-16-25(9-8-21(20)27-23-22)11-10-24-12-14-26-15-13-24/h1-7H,8-16H2. The van der Waals surface area contributed by atoms with Gasteiger partial charge >= 0.3 is 0 Å². The zero-order chi connectivity index (χ0) is 18.1. The van der Waals surface area contributed by atoms with Crippen molar-refractivity contribution in [1.82, 2.24) is 15.0 Å². The van der Waals surface area contributed by atoms with Gasteiger partial charge in [0.15, 0.2) is 0 Å². The minimum absolute atomic E-state index is 0.862. The summed E-state index contributed by atoms with van der Waals surface area (Å²) < 4.78 is 11.2. The van der Waals surface area contributed by atoms with Gasteiger partial charge in [0.25, 0.3) is 0 Å². The summed E-state index contributed by atoms with van der Waals surface area (Å²) in [4.78, 5) is 5.03. The van der Waals surface area contributed by atoms with Gasteiger partial charge in [0.1, 0.15) is 11.5 Å². The molecule has 0 atom stereocenters. The molecule has 1 saturated heterocycles. The van der Waals surface area contributed by atoms with Gasteiger partial charge in [-0.15, -0.1) is 0 Å². The Morgan fingerprint density at radius 1 is 0.889 bits per heavy atom. The Labute approximate surface area is 159 Å². The van der Waals surface area contributed by atoms with E-state index in [9.17, 15) is 0 Å². The molecule has 2 aromatic carbocycles. The van der Waals surface area contributed by atoms with E-state index < -0.39 is 0 Å². The Kier molecular flexibility index (Phi) is 4.66. The van der Waals surface area contributed by atoms with E-state index in [1.54, 1.807) is 0 Å². The van der Waals surface area contributed by atoms with Crippen LogP contribution in [0.5, 0.6) is 0 Å². The first-order valence-electron chi connectivity index (χ1n) is 9.86. The summed E-state index contributed by atoms with van der Waals surface area (Å²) in [6, 6.07) is 14.9. The molecule has 0 bridgehead atoms. The summed E-state index contributed by atoms with van der Waals surface area (Å²) in [6.45, 7) is 7.97. The summed E-state index contributed by atoms with van der Waals surface area (Å²) in [5.74, 6) is 1.06. The van der Waals surface area contributed by atoms with Gasteiger partial charge in [0, 0.05) is 56.8 Å². The molecule has 1 aromatic heterocycles. The molecule has 3 heterocycles. The monoisotopic (exact) mass is 363 g/mol. The predicted octanol–water partition coefficient (Wildman–Crippen LogP) is 3.19. The largest absolute Gasteiger partial charge is 0.379 e. The van der Waals surface area contributed by atoms with E-state index in [1.165, 1.54) is 21.9 Å². The zero-order valence-corrected chi connectivity index (χ0v) is 15.6. The molecular formula is C22H25N3O2. The third kappa shape index (κ3) is 3.38. The van der Waals surface area contributed by atoms with Crippen molar-refractivity contribution in [2.45, 2.75) is 13.0 Å². The number of nitrogens with zero attached hydrogens (tertiary/aromatic N) is 3. The molecule has 0 aliphatic carbocycles. The van der Waals surface area contributed by atoms with E-state index in [2.05, 4.69) is 57.4 Å². The second-order valence-corrected chi connectivity index (χ2v) is 7.44. The molecule has 0 amide bonds. The minimum Gasteiger partial charge on any atom is -0.379 e. The molecule has 3 aromatic rings. The second-order valence-electron chi connectivity index (χ2n) is 7.44. The molecule has 27 heavy (non-hydrogen) atoms. The first-order valence-corrected chi connectivity index (χ1v) is 9.86. The predicted molar refractivity (Wildman–Crippen MR) is 106 cm³/mol. The molecule has 0 spiro atoms. The van der Waals surface area contributed by atoms with Crippen LogP contribution in [0.2, 0.25) is 0 Å². The van der Waals surface area contributed by atoms with Crippen LogP contribution in [0.4, 0.5) is 0 Å². The van der Waals surface area contributed by atoms with Crippen molar-refractivity contribution in [2.24, 2.45) is 0 Å². The lowest BCUT2D eigenvalue weighted by Gasteiger charge is -2.31. The van der Waals surface area contributed by atoms with E-state index in [1.807, 2.05) is 0 Å². The highest BCUT2D eigenvalue weighted by atomic mass is 16.5. The summed E-state index contributed by atoms with van der Waals surface area (Å²) in [6.07, 6.45) is 0.941. The number of aromatic nitrogens is 1. The molecule has 0 saturated carbocycles. The first-order chi connectivity index (χ1) is 13.4. The number of fused-ring (bicyclic) bond motifs is 2. The smallest absolute Gasteiger partial charge is 0.143 e. The van der Waals surface area contributed by atoms with Crippen LogP contribution < -0.4 is 0 Å². The minimum atomic E-state index is 0.862. The Balaban J connectivity index is 1.38.